The fourth-order valence-electron chi connectivity index (χ4n) is 3.32. The minimum absolute atomic E-state index is 0.315. The lowest BCUT2D eigenvalue weighted by molar-refractivity contribution is -0.146. The lowest BCUT2D eigenvalue weighted by atomic mass is 9.75. The molecule has 0 aliphatic carbocycles. The van der Waals surface area contributed by atoms with Crippen LogP contribution < -0.4 is 5.32 Å². The van der Waals surface area contributed by atoms with Crippen LogP contribution in [0.25, 0.3) is 0 Å². The number of benzene rings is 1. The molecule has 0 spiro atoms. The molecule has 2 aliphatic rings. The standard InChI is InChI=1S/C17H19NO4/c1-9-4-5-11(8-10(9)2)18-15(19)14-13(16(20)21)12-6-7-17(14,3)22-12/h4-8,12-14H,1-3H3,(H,18,19)(H,20,21)/t12-,13-,14-,17-/m1/s1. The van der Waals surface area contributed by atoms with Gasteiger partial charge in [-0.1, -0.05) is 18.2 Å². The first-order valence-corrected chi connectivity index (χ1v) is 7.30. The SMILES string of the molecule is Cc1ccc(NC(=O)[C@H]2[C@H](C(=O)O)[C@H]3C=C[C@@]2(C)O3)cc1C. The highest BCUT2D eigenvalue weighted by Crippen LogP contribution is 2.47. The van der Waals surface area contributed by atoms with Gasteiger partial charge in [-0.15, -0.1) is 0 Å². The minimum Gasteiger partial charge on any atom is -0.481 e. The monoisotopic (exact) mass is 301 g/mol. The minimum atomic E-state index is -1.00. The summed E-state index contributed by atoms with van der Waals surface area (Å²) >= 11 is 0. The van der Waals surface area contributed by atoms with Crippen LogP contribution in [-0.2, 0) is 14.3 Å². The highest BCUT2D eigenvalue weighted by atomic mass is 16.5. The van der Waals surface area contributed by atoms with Gasteiger partial charge in [0.05, 0.1) is 17.6 Å². The van der Waals surface area contributed by atoms with E-state index in [2.05, 4.69) is 5.32 Å². The van der Waals surface area contributed by atoms with Gasteiger partial charge in [-0.05, 0) is 44.0 Å². The molecule has 0 radical (unpaired) electrons. The van der Waals surface area contributed by atoms with Crippen LogP contribution in [0.1, 0.15) is 18.1 Å². The van der Waals surface area contributed by atoms with Crippen LogP contribution in [0.5, 0.6) is 0 Å². The number of hydrogen-bond donors (Lipinski definition) is 2. The van der Waals surface area contributed by atoms with E-state index < -0.39 is 29.5 Å². The lowest BCUT2D eigenvalue weighted by Gasteiger charge is -2.27. The zero-order valence-corrected chi connectivity index (χ0v) is 12.8. The van der Waals surface area contributed by atoms with Gasteiger partial charge in [-0.2, -0.15) is 0 Å². The number of carbonyl (C=O) groups is 2. The van der Waals surface area contributed by atoms with Crippen LogP contribution in [0.3, 0.4) is 0 Å². The normalized spacial score (nSPS) is 32.2. The molecule has 4 atom stereocenters. The molecule has 5 nitrogen and oxygen atoms in total. The van der Waals surface area contributed by atoms with Crippen LogP contribution in [0.15, 0.2) is 30.4 Å². The molecule has 5 heteroatoms. The van der Waals surface area contributed by atoms with Crippen molar-refractivity contribution in [2.24, 2.45) is 11.8 Å². The summed E-state index contributed by atoms with van der Waals surface area (Å²) in [4.78, 5) is 24.1. The third-order valence-electron chi connectivity index (χ3n) is 4.68. The van der Waals surface area contributed by atoms with Gasteiger partial charge in [0.25, 0.3) is 0 Å². The molecule has 3 rings (SSSR count). The summed E-state index contributed by atoms with van der Waals surface area (Å²) in [6.45, 7) is 5.73. The second kappa shape index (κ2) is 4.95. The molecule has 116 valence electrons. The Morgan fingerprint density at radius 3 is 2.64 bits per heavy atom. The molecule has 0 saturated carbocycles. The molecular weight excluding hydrogens is 282 g/mol. The Hall–Kier alpha value is -2.14. The number of nitrogens with one attached hydrogen (secondary N) is 1. The van der Waals surface area contributed by atoms with Gasteiger partial charge in [-0.25, -0.2) is 0 Å². The molecule has 1 fully saturated rings. The average Bonchev–Trinajstić information content (AvgIpc) is 2.95. The topological polar surface area (TPSA) is 75.6 Å². The number of ether oxygens (including phenoxy) is 1. The molecule has 2 aliphatic heterocycles. The van der Waals surface area contributed by atoms with E-state index in [0.717, 1.165) is 11.1 Å². The van der Waals surface area contributed by atoms with E-state index in [9.17, 15) is 14.7 Å². The zero-order chi connectivity index (χ0) is 16.1. The summed E-state index contributed by atoms with van der Waals surface area (Å²) in [5.41, 5.74) is 2.03. The van der Waals surface area contributed by atoms with Crippen molar-refractivity contribution in [3.05, 3.63) is 41.5 Å². The van der Waals surface area contributed by atoms with Gasteiger partial charge >= 0.3 is 5.97 Å². The number of carbonyl (C=O) groups excluding carboxylic acids is 1. The van der Waals surface area contributed by atoms with E-state index in [-0.39, 0.29) is 5.91 Å². The molecule has 2 bridgehead atoms. The van der Waals surface area contributed by atoms with Crippen LogP contribution in [-0.4, -0.2) is 28.7 Å². The lowest BCUT2D eigenvalue weighted by Crippen LogP contribution is -2.44. The first kappa shape index (κ1) is 14.8. The number of amides is 1. The third kappa shape index (κ3) is 2.22. The first-order chi connectivity index (χ1) is 10.3. The maximum atomic E-state index is 12.6. The van der Waals surface area contributed by atoms with Gasteiger partial charge in [-0.3, -0.25) is 9.59 Å². The van der Waals surface area contributed by atoms with E-state index >= 15 is 0 Å². The smallest absolute Gasteiger partial charge is 0.310 e. The maximum Gasteiger partial charge on any atom is 0.310 e. The number of hydrogen-bond acceptors (Lipinski definition) is 3. The Morgan fingerprint density at radius 1 is 1.27 bits per heavy atom. The molecule has 1 aromatic rings. The second-order valence-electron chi connectivity index (χ2n) is 6.26. The predicted molar refractivity (Wildman–Crippen MR) is 81.6 cm³/mol. The summed E-state index contributed by atoms with van der Waals surface area (Å²) < 4.78 is 5.70. The van der Waals surface area contributed by atoms with E-state index in [1.54, 1.807) is 19.1 Å². The Morgan fingerprint density at radius 2 is 2.00 bits per heavy atom. The van der Waals surface area contributed by atoms with Crippen LogP contribution >= 0.6 is 0 Å². The van der Waals surface area contributed by atoms with Gasteiger partial charge in [0.2, 0.25) is 5.91 Å². The van der Waals surface area contributed by atoms with Crippen molar-refractivity contribution in [1.29, 1.82) is 0 Å². The number of anilines is 1. The van der Waals surface area contributed by atoms with E-state index in [4.69, 9.17) is 4.74 Å². The number of fused-ring (bicyclic) bond motifs is 2. The molecular formula is C17H19NO4. The summed E-state index contributed by atoms with van der Waals surface area (Å²) in [5, 5.41) is 12.3. The number of carboxylic acids is 1. The fraction of sp³-hybridized carbons (Fsp3) is 0.412. The Labute approximate surface area is 129 Å². The Kier molecular flexibility index (Phi) is 3.33. The quantitative estimate of drug-likeness (QED) is 0.840. The molecule has 0 aromatic heterocycles. The molecule has 1 amide bonds. The van der Waals surface area contributed by atoms with Crippen molar-refractivity contribution in [3.8, 4) is 0 Å². The number of aliphatic carboxylic acids is 1. The van der Waals surface area contributed by atoms with Crippen molar-refractivity contribution < 1.29 is 19.4 Å². The van der Waals surface area contributed by atoms with Crippen molar-refractivity contribution in [2.45, 2.75) is 32.5 Å². The number of carboxylic acid groups (broad SMARTS) is 1. The summed E-state index contributed by atoms with van der Waals surface area (Å²) in [7, 11) is 0. The largest absolute Gasteiger partial charge is 0.481 e. The zero-order valence-electron chi connectivity index (χ0n) is 12.8. The average molecular weight is 301 g/mol. The van der Waals surface area contributed by atoms with Crippen molar-refractivity contribution in [1.82, 2.24) is 0 Å². The van der Waals surface area contributed by atoms with Crippen LogP contribution in [0.2, 0.25) is 0 Å². The highest BCUT2D eigenvalue weighted by molar-refractivity contribution is 5.97. The van der Waals surface area contributed by atoms with Crippen molar-refractivity contribution >= 4 is 17.6 Å². The predicted octanol–water partition coefficient (Wildman–Crippen LogP) is 2.29. The van der Waals surface area contributed by atoms with Crippen molar-refractivity contribution in [2.75, 3.05) is 5.32 Å². The summed E-state index contributed by atoms with van der Waals surface area (Å²) in [6, 6.07) is 5.63. The highest BCUT2D eigenvalue weighted by Gasteiger charge is 2.59. The molecule has 0 unspecified atom stereocenters. The van der Waals surface area contributed by atoms with E-state index in [1.165, 1.54) is 0 Å². The van der Waals surface area contributed by atoms with Crippen LogP contribution in [0, 0.1) is 25.7 Å². The van der Waals surface area contributed by atoms with Gasteiger partial charge in [0.15, 0.2) is 0 Å². The molecule has 2 N–H and O–H groups in total. The second-order valence-corrected chi connectivity index (χ2v) is 6.26. The molecule has 2 heterocycles. The Bertz CT molecular complexity index is 681. The summed E-state index contributed by atoms with van der Waals surface area (Å²) in [5.74, 6) is -2.90. The van der Waals surface area contributed by atoms with E-state index in [1.807, 2.05) is 32.0 Å². The Balaban J connectivity index is 1.86. The van der Waals surface area contributed by atoms with E-state index in [0.29, 0.717) is 5.69 Å². The molecule has 22 heavy (non-hydrogen) atoms. The fourth-order valence-corrected chi connectivity index (χ4v) is 3.32. The number of aryl methyl sites for hydroxylation is 2. The van der Waals surface area contributed by atoms with Gasteiger partial charge in [0, 0.05) is 5.69 Å². The molecule has 1 saturated heterocycles. The number of rotatable bonds is 3. The van der Waals surface area contributed by atoms with Crippen molar-refractivity contribution in [3.63, 3.8) is 0 Å². The first-order valence-electron chi connectivity index (χ1n) is 7.30. The third-order valence-corrected chi connectivity index (χ3v) is 4.68. The van der Waals surface area contributed by atoms with Gasteiger partial charge < -0.3 is 15.2 Å². The maximum absolute atomic E-state index is 12.6. The van der Waals surface area contributed by atoms with Gasteiger partial charge in [0.1, 0.15) is 5.92 Å². The molecule has 1 aromatic carbocycles. The van der Waals surface area contributed by atoms with Crippen LogP contribution in [0.4, 0.5) is 5.69 Å². The summed E-state index contributed by atoms with van der Waals surface area (Å²) in [6.07, 6.45) is 3.00.